The van der Waals surface area contributed by atoms with Crippen molar-refractivity contribution in [2.24, 2.45) is 0 Å². The van der Waals surface area contributed by atoms with Crippen LogP contribution >= 0.6 is 0 Å². The molecule has 2 aliphatic carbocycles. The Morgan fingerprint density at radius 3 is 1.54 bits per heavy atom. The normalized spacial score (nSPS) is 15.4. The molecule has 13 rings (SSSR count). The number of allylic oxidation sites excluding steroid dienone is 2. The Morgan fingerprint density at radius 1 is 0.377 bits per heavy atom. The topological polar surface area (TPSA) is 14.8 Å². The van der Waals surface area contributed by atoms with E-state index in [4.69, 9.17) is 0 Å². The fourth-order valence-electron chi connectivity index (χ4n) is 12.9. The zero-order chi connectivity index (χ0) is 46.7. The van der Waals surface area contributed by atoms with Gasteiger partial charge >= 0.3 is 0 Å². The van der Waals surface area contributed by atoms with E-state index in [-0.39, 0.29) is 5.92 Å². The van der Waals surface area contributed by atoms with Gasteiger partial charge in [-0.15, -0.1) is 0 Å². The fourth-order valence-corrected chi connectivity index (χ4v) is 12.9. The molecule has 0 radical (unpaired) electrons. The van der Waals surface area contributed by atoms with Gasteiger partial charge in [-0.05, 0) is 195 Å². The summed E-state index contributed by atoms with van der Waals surface area (Å²) in [7, 11) is 0. The van der Waals surface area contributed by atoms with Crippen molar-refractivity contribution in [2.45, 2.75) is 66.2 Å². The molecule has 2 unspecified atom stereocenters. The Morgan fingerprint density at radius 2 is 0.870 bits per heavy atom. The lowest BCUT2D eigenvalue weighted by Gasteiger charge is -2.24. The van der Waals surface area contributed by atoms with Crippen LogP contribution in [0.3, 0.4) is 0 Å². The second kappa shape index (κ2) is 15.9. The number of aromatic nitrogens is 3. The monoisotopic (exact) mass is 889 g/mol. The molecule has 0 saturated carbocycles. The summed E-state index contributed by atoms with van der Waals surface area (Å²) in [6.07, 6.45) is 11.7. The van der Waals surface area contributed by atoms with Crippen LogP contribution < -0.4 is 0 Å². The van der Waals surface area contributed by atoms with Crippen LogP contribution in [-0.2, 0) is 12.8 Å². The number of nitrogens with zero attached hydrogens (tertiary/aromatic N) is 3. The highest BCUT2D eigenvalue weighted by Gasteiger charge is 2.31. The molecule has 0 amide bonds. The third kappa shape index (κ3) is 6.55. The number of aryl methyl sites for hydroxylation is 6. The third-order valence-electron chi connectivity index (χ3n) is 15.5. The summed E-state index contributed by atoms with van der Waals surface area (Å²) in [5.41, 5.74) is 27.5. The average molecular weight is 890 g/mol. The Bertz CT molecular complexity index is 3910. The molecule has 0 bridgehead atoms. The molecule has 3 heteroatoms. The van der Waals surface area contributed by atoms with E-state index in [0.29, 0.717) is 5.92 Å². The Hall–Kier alpha value is -7.88. The first kappa shape index (κ1) is 41.3. The van der Waals surface area contributed by atoms with E-state index >= 15 is 0 Å². The van der Waals surface area contributed by atoms with Crippen molar-refractivity contribution in [1.82, 2.24) is 13.7 Å². The number of hydrogen-bond acceptors (Lipinski definition) is 0. The van der Waals surface area contributed by atoms with Crippen LogP contribution in [0, 0.1) is 41.5 Å². The Kier molecular flexibility index (Phi) is 9.49. The van der Waals surface area contributed by atoms with E-state index in [1.54, 1.807) is 0 Å². The maximum absolute atomic E-state index is 2.52. The Labute approximate surface area is 404 Å². The number of benzene rings is 8. The lowest BCUT2D eigenvalue weighted by atomic mass is 9.79. The number of para-hydroxylation sites is 3. The minimum Gasteiger partial charge on any atom is -0.310 e. The highest BCUT2D eigenvalue weighted by atomic mass is 15.0. The first-order chi connectivity index (χ1) is 33.7. The van der Waals surface area contributed by atoms with Gasteiger partial charge < -0.3 is 13.7 Å². The van der Waals surface area contributed by atoms with E-state index < -0.39 is 0 Å². The van der Waals surface area contributed by atoms with Crippen LogP contribution in [0.25, 0.3) is 84.0 Å². The largest absolute Gasteiger partial charge is 0.310 e. The van der Waals surface area contributed by atoms with Gasteiger partial charge in [0.05, 0.1) is 22.1 Å². The highest BCUT2D eigenvalue weighted by molar-refractivity contribution is 6.13. The summed E-state index contributed by atoms with van der Waals surface area (Å²) in [5, 5.41) is 5.07. The lowest BCUT2D eigenvalue weighted by Crippen LogP contribution is -2.12. The third-order valence-corrected chi connectivity index (χ3v) is 15.5. The standard InChI is InChI=1S/C66H55N3/c1-40-31-42(3)65(43(4)32-40)48-23-28-61-56(37-48)54-35-46(21-26-60(54)68(61)51-17-11-8-12-18-51)47-22-27-62-55(36-47)57-38-49(66-44(5)33-41(2)34-45(66)6)24-29-63(57)69(62)52-25-30-64-58(39-52)53-19-13-14-20-59(53)67(64)50-15-9-7-10-16-50/h7-34,36,38-39,46,48H,35,37H2,1-6H3. The second-order valence-electron chi connectivity index (χ2n) is 20.1. The molecule has 69 heavy (non-hydrogen) atoms. The van der Waals surface area contributed by atoms with Crippen LogP contribution in [0.5, 0.6) is 0 Å². The second-order valence-corrected chi connectivity index (χ2v) is 20.1. The van der Waals surface area contributed by atoms with E-state index in [9.17, 15) is 0 Å². The molecule has 3 nitrogen and oxygen atoms in total. The molecule has 0 saturated heterocycles. The smallest absolute Gasteiger partial charge is 0.0542 e. The van der Waals surface area contributed by atoms with Crippen LogP contribution in [-0.4, -0.2) is 13.7 Å². The van der Waals surface area contributed by atoms with Crippen molar-refractivity contribution < 1.29 is 0 Å². The summed E-state index contributed by atoms with van der Waals surface area (Å²) in [6, 6.07) is 61.5. The van der Waals surface area contributed by atoms with Crippen LogP contribution in [0.1, 0.15) is 78.9 Å². The van der Waals surface area contributed by atoms with Gasteiger partial charge in [0.2, 0.25) is 0 Å². The van der Waals surface area contributed by atoms with Gasteiger partial charge in [-0.1, -0.05) is 114 Å². The molecule has 2 aliphatic rings. The predicted octanol–water partition coefficient (Wildman–Crippen LogP) is 16.9. The van der Waals surface area contributed by atoms with Gasteiger partial charge in [0.1, 0.15) is 0 Å². The van der Waals surface area contributed by atoms with Gasteiger partial charge in [0.25, 0.3) is 0 Å². The highest BCUT2D eigenvalue weighted by Crippen LogP contribution is 2.45. The zero-order valence-electron chi connectivity index (χ0n) is 40.3. The molecule has 0 fully saturated rings. The van der Waals surface area contributed by atoms with E-state index in [0.717, 1.165) is 12.8 Å². The first-order valence-corrected chi connectivity index (χ1v) is 24.7. The van der Waals surface area contributed by atoms with Gasteiger partial charge in [0.15, 0.2) is 0 Å². The summed E-state index contributed by atoms with van der Waals surface area (Å²) < 4.78 is 7.43. The van der Waals surface area contributed by atoms with E-state index in [1.807, 2.05) is 0 Å². The first-order valence-electron chi connectivity index (χ1n) is 24.7. The van der Waals surface area contributed by atoms with E-state index in [2.05, 4.69) is 243 Å². The molecule has 11 aromatic rings. The fraction of sp³-hybridized carbons (Fsp3) is 0.152. The maximum Gasteiger partial charge on any atom is 0.0542 e. The minimum absolute atomic E-state index is 0.230. The number of hydrogen-bond donors (Lipinski definition) is 0. The molecule has 334 valence electrons. The number of rotatable bonds is 6. The van der Waals surface area contributed by atoms with Crippen molar-refractivity contribution in [3.05, 3.63) is 243 Å². The Balaban J connectivity index is 0.975. The lowest BCUT2D eigenvalue weighted by molar-refractivity contribution is 0.776. The van der Waals surface area contributed by atoms with Crippen LogP contribution in [0.4, 0.5) is 0 Å². The quantitative estimate of drug-likeness (QED) is 0.158. The van der Waals surface area contributed by atoms with Crippen molar-refractivity contribution in [1.29, 1.82) is 0 Å². The summed E-state index contributed by atoms with van der Waals surface area (Å²) in [4.78, 5) is 0. The number of fused-ring (bicyclic) bond motifs is 9. The average Bonchev–Trinajstić information content (AvgIpc) is 3.98. The van der Waals surface area contributed by atoms with Gasteiger partial charge in [-0.3, -0.25) is 0 Å². The van der Waals surface area contributed by atoms with Gasteiger partial charge in [-0.2, -0.15) is 0 Å². The van der Waals surface area contributed by atoms with Crippen LogP contribution in [0.2, 0.25) is 0 Å². The summed E-state index contributed by atoms with van der Waals surface area (Å²) in [5.74, 6) is 0.568. The zero-order valence-corrected chi connectivity index (χ0v) is 40.3. The molecule has 3 heterocycles. The predicted molar refractivity (Wildman–Crippen MR) is 292 cm³/mol. The van der Waals surface area contributed by atoms with Crippen molar-refractivity contribution in [2.75, 3.05) is 0 Å². The van der Waals surface area contributed by atoms with Crippen LogP contribution in [0.15, 0.2) is 176 Å². The van der Waals surface area contributed by atoms with Gasteiger partial charge in [-0.25, -0.2) is 0 Å². The van der Waals surface area contributed by atoms with Crippen molar-refractivity contribution in [3.63, 3.8) is 0 Å². The molecule has 3 aromatic heterocycles. The SMILES string of the molecule is Cc1cc(C)c(-c2ccc3c(c2)c2cc(C4C=Cc5c(c6c(n5-c5ccccc5)C=CC(c5c(C)cc(C)cc5C)C6)C4)ccc2n3-c2ccc3c(c2)c2ccccc2n3-c2ccccc2)c(C)c1. The summed E-state index contributed by atoms with van der Waals surface area (Å²) >= 11 is 0. The van der Waals surface area contributed by atoms with E-state index in [1.165, 1.54) is 139 Å². The van der Waals surface area contributed by atoms with Gasteiger partial charge in [0, 0.05) is 61.8 Å². The maximum atomic E-state index is 2.52. The summed E-state index contributed by atoms with van der Waals surface area (Å²) in [6.45, 7) is 13.5. The van der Waals surface area contributed by atoms with Crippen molar-refractivity contribution in [3.8, 4) is 28.2 Å². The minimum atomic E-state index is 0.230. The molecular weight excluding hydrogens is 835 g/mol. The molecule has 8 aromatic carbocycles. The molecule has 0 spiro atoms. The molecule has 2 atom stereocenters. The molecule has 0 N–H and O–H groups in total. The molecular formula is C66H55N3. The molecule has 0 aliphatic heterocycles. The van der Waals surface area contributed by atoms with Crippen molar-refractivity contribution >= 4 is 55.8 Å².